The number of hydrogen-bond acceptors (Lipinski definition) is 3. The number of amides is 1. The summed E-state index contributed by atoms with van der Waals surface area (Å²) in [5, 5.41) is 0. The van der Waals surface area contributed by atoms with Gasteiger partial charge in [0.25, 0.3) is 5.91 Å². The number of ether oxygens (including phenoxy) is 2. The van der Waals surface area contributed by atoms with E-state index >= 15 is 0 Å². The lowest BCUT2D eigenvalue weighted by Gasteiger charge is -2.25. The Hall–Kier alpha value is -2.49. The van der Waals surface area contributed by atoms with E-state index in [0.29, 0.717) is 0 Å². The topological polar surface area (TPSA) is 38.8 Å². The Labute approximate surface area is 149 Å². The molecule has 1 aliphatic rings. The molecule has 1 unspecified atom stereocenters. The van der Waals surface area contributed by atoms with Crippen LogP contribution in [-0.2, 0) is 4.79 Å². The van der Waals surface area contributed by atoms with Gasteiger partial charge in [-0.15, -0.1) is 0 Å². The van der Waals surface area contributed by atoms with Crippen LogP contribution in [-0.4, -0.2) is 31.1 Å². The Balaban J connectivity index is 1.65. The monoisotopic (exact) mass is 339 g/mol. The van der Waals surface area contributed by atoms with Crippen molar-refractivity contribution in [2.45, 2.75) is 32.7 Å². The third-order valence-corrected chi connectivity index (χ3v) is 4.63. The van der Waals surface area contributed by atoms with Gasteiger partial charge < -0.3 is 14.4 Å². The molecule has 0 bridgehead atoms. The maximum atomic E-state index is 12.7. The van der Waals surface area contributed by atoms with Gasteiger partial charge >= 0.3 is 0 Å². The summed E-state index contributed by atoms with van der Waals surface area (Å²) in [6.07, 6.45) is 2.01. The molecule has 25 heavy (non-hydrogen) atoms. The largest absolute Gasteiger partial charge is 0.497 e. The minimum Gasteiger partial charge on any atom is -0.497 e. The SMILES string of the molecule is COc1ccc(C2CCCN2C(=O)COc2cc(C)cc(C)c2)cc1. The molecule has 1 amide bonds. The van der Waals surface area contributed by atoms with Crippen LogP contribution in [0.1, 0.15) is 35.6 Å². The molecule has 4 nitrogen and oxygen atoms in total. The zero-order valence-electron chi connectivity index (χ0n) is 15.1. The van der Waals surface area contributed by atoms with Crippen molar-refractivity contribution < 1.29 is 14.3 Å². The highest BCUT2D eigenvalue weighted by Gasteiger charge is 2.30. The molecule has 0 radical (unpaired) electrons. The van der Waals surface area contributed by atoms with Gasteiger partial charge in [-0.1, -0.05) is 18.2 Å². The predicted molar refractivity (Wildman–Crippen MR) is 98.1 cm³/mol. The third-order valence-electron chi connectivity index (χ3n) is 4.63. The average Bonchev–Trinajstić information content (AvgIpc) is 3.09. The van der Waals surface area contributed by atoms with Crippen LogP contribution in [0.3, 0.4) is 0 Å². The number of likely N-dealkylation sites (tertiary alicyclic amines) is 1. The number of rotatable bonds is 5. The molecule has 0 aromatic heterocycles. The fourth-order valence-electron chi connectivity index (χ4n) is 3.48. The number of aryl methyl sites for hydroxylation is 2. The predicted octanol–water partition coefficient (Wildman–Crippen LogP) is 4.05. The molecule has 0 N–H and O–H groups in total. The van der Waals surface area contributed by atoms with Gasteiger partial charge in [0.15, 0.2) is 6.61 Å². The number of nitrogens with zero attached hydrogens (tertiary/aromatic N) is 1. The summed E-state index contributed by atoms with van der Waals surface area (Å²) in [6, 6.07) is 14.1. The summed E-state index contributed by atoms with van der Waals surface area (Å²) in [6.45, 7) is 4.92. The summed E-state index contributed by atoms with van der Waals surface area (Å²) in [5.74, 6) is 1.63. The molecular formula is C21H25NO3. The van der Waals surface area contributed by atoms with Gasteiger partial charge in [-0.05, 0) is 67.6 Å². The molecule has 1 heterocycles. The first-order chi connectivity index (χ1) is 12.1. The summed E-state index contributed by atoms with van der Waals surface area (Å²) >= 11 is 0. The van der Waals surface area contributed by atoms with E-state index < -0.39 is 0 Å². The Morgan fingerprint density at radius 2 is 1.76 bits per heavy atom. The molecule has 0 aliphatic carbocycles. The number of carbonyl (C=O) groups is 1. The van der Waals surface area contributed by atoms with E-state index in [1.54, 1.807) is 7.11 Å². The van der Waals surface area contributed by atoms with E-state index in [9.17, 15) is 4.79 Å². The van der Waals surface area contributed by atoms with E-state index in [2.05, 4.69) is 6.07 Å². The lowest BCUT2D eigenvalue weighted by Crippen LogP contribution is -2.34. The van der Waals surface area contributed by atoms with E-state index in [0.717, 1.165) is 47.6 Å². The van der Waals surface area contributed by atoms with Crippen LogP contribution in [0.2, 0.25) is 0 Å². The van der Waals surface area contributed by atoms with E-state index in [1.807, 2.05) is 55.1 Å². The Morgan fingerprint density at radius 3 is 2.40 bits per heavy atom. The molecule has 2 aromatic carbocycles. The molecular weight excluding hydrogens is 314 g/mol. The van der Waals surface area contributed by atoms with Crippen LogP contribution in [0, 0.1) is 13.8 Å². The normalized spacial score (nSPS) is 16.8. The second kappa shape index (κ2) is 7.60. The van der Waals surface area contributed by atoms with Crippen molar-refractivity contribution in [2.24, 2.45) is 0 Å². The quantitative estimate of drug-likeness (QED) is 0.825. The standard InChI is InChI=1S/C21H25NO3/c1-15-11-16(2)13-19(12-15)25-14-21(23)22-10-4-5-20(22)17-6-8-18(24-3)9-7-17/h6-9,11-13,20H,4-5,10,14H2,1-3H3. The second-order valence-electron chi connectivity index (χ2n) is 6.63. The van der Waals surface area contributed by atoms with Gasteiger partial charge in [0, 0.05) is 6.54 Å². The van der Waals surface area contributed by atoms with Crippen LogP contribution < -0.4 is 9.47 Å². The lowest BCUT2D eigenvalue weighted by atomic mass is 10.0. The number of hydrogen-bond donors (Lipinski definition) is 0. The molecule has 0 saturated carbocycles. The van der Waals surface area contributed by atoms with Crippen LogP contribution >= 0.6 is 0 Å². The Morgan fingerprint density at radius 1 is 1.08 bits per heavy atom. The third kappa shape index (κ3) is 4.13. The Bertz CT molecular complexity index is 719. The zero-order valence-corrected chi connectivity index (χ0v) is 15.1. The minimum absolute atomic E-state index is 0.0393. The van der Waals surface area contributed by atoms with Crippen LogP contribution in [0.4, 0.5) is 0 Å². The minimum atomic E-state index is 0.0393. The molecule has 2 aromatic rings. The first kappa shape index (κ1) is 17.3. The van der Waals surface area contributed by atoms with Gasteiger partial charge in [-0.3, -0.25) is 4.79 Å². The first-order valence-electron chi connectivity index (χ1n) is 8.71. The van der Waals surface area contributed by atoms with E-state index in [4.69, 9.17) is 9.47 Å². The maximum absolute atomic E-state index is 12.7. The summed E-state index contributed by atoms with van der Waals surface area (Å²) in [7, 11) is 1.66. The molecule has 4 heteroatoms. The van der Waals surface area contributed by atoms with Crippen molar-refractivity contribution in [1.82, 2.24) is 4.90 Å². The van der Waals surface area contributed by atoms with Gasteiger partial charge in [0.05, 0.1) is 13.2 Å². The molecule has 1 saturated heterocycles. The van der Waals surface area contributed by atoms with Crippen molar-refractivity contribution >= 4 is 5.91 Å². The van der Waals surface area contributed by atoms with Gasteiger partial charge in [0.1, 0.15) is 11.5 Å². The Kier molecular flexibility index (Phi) is 5.27. The number of benzene rings is 2. The second-order valence-corrected chi connectivity index (χ2v) is 6.63. The van der Waals surface area contributed by atoms with Crippen molar-refractivity contribution in [3.05, 3.63) is 59.2 Å². The zero-order chi connectivity index (χ0) is 17.8. The highest BCUT2D eigenvalue weighted by Crippen LogP contribution is 2.32. The summed E-state index contributed by atoms with van der Waals surface area (Å²) in [4.78, 5) is 14.6. The fraction of sp³-hybridized carbons (Fsp3) is 0.381. The highest BCUT2D eigenvalue weighted by molar-refractivity contribution is 5.78. The van der Waals surface area contributed by atoms with Crippen LogP contribution in [0.15, 0.2) is 42.5 Å². The van der Waals surface area contributed by atoms with Gasteiger partial charge in [-0.25, -0.2) is 0 Å². The molecule has 132 valence electrons. The van der Waals surface area contributed by atoms with Gasteiger partial charge in [-0.2, -0.15) is 0 Å². The van der Waals surface area contributed by atoms with E-state index in [-0.39, 0.29) is 18.6 Å². The molecule has 3 rings (SSSR count). The molecule has 0 spiro atoms. The van der Waals surface area contributed by atoms with Crippen LogP contribution in [0.5, 0.6) is 11.5 Å². The smallest absolute Gasteiger partial charge is 0.261 e. The number of methoxy groups -OCH3 is 1. The molecule has 1 fully saturated rings. The average molecular weight is 339 g/mol. The summed E-state index contributed by atoms with van der Waals surface area (Å²) in [5.41, 5.74) is 3.43. The first-order valence-corrected chi connectivity index (χ1v) is 8.71. The van der Waals surface area contributed by atoms with Crippen molar-refractivity contribution in [1.29, 1.82) is 0 Å². The van der Waals surface area contributed by atoms with Crippen molar-refractivity contribution in [2.75, 3.05) is 20.3 Å². The van der Waals surface area contributed by atoms with Crippen LogP contribution in [0.25, 0.3) is 0 Å². The van der Waals surface area contributed by atoms with E-state index in [1.165, 1.54) is 0 Å². The van der Waals surface area contributed by atoms with Gasteiger partial charge in [0.2, 0.25) is 0 Å². The molecule has 1 aliphatic heterocycles. The highest BCUT2D eigenvalue weighted by atomic mass is 16.5. The van der Waals surface area contributed by atoms with Crippen molar-refractivity contribution in [3.63, 3.8) is 0 Å². The summed E-state index contributed by atoms with van der Waals surface area (Å²) < 4.78 is 11.0. The lowest BCUT2D eigenvalue weighted by molar-refractivity contribution is -0.134. The molecule has 1 atom stereocenters. The fourth-order valence-corrected chi connectivity index (χ4v) is 3.48. The number of carbonyl (C=O) groups excluding carboxylic acids is 1. The van der Waals surface area contributed by atoms with Crippen molar-refractivity contribution in [3.8, 4) is 11.5 Å². The maximum Gasteiger partial charge on any atom is 0.261 e.